The molecule has 1 N–H and O–H groups in total. The summed E-state index contributed by atoms with van der Waals surface area (Å²) < 4.78 is 1.95. The van der Waals surface area contributed by atoms with Gasteiger partial charge >= 0.3 is 0 Å². The second kappa shape index (κ2) is 4.99. The molecular weight excluding hydrogens is 228 g/mol. The summed E-state index contributed by atoms with van der Waals surface area (Å²) in [7, 11) is 0. The van der Waals surface area contributed by atoms with E-state index in [2.05, 4.69) is 21.8 Å². The van der Waals surface area contributed by atoms with Gasteiger partial charge in [0.15, 0.2) is 0 Å². The molecule has 4 heterocycles. The van der Waals surface area contributed by atoms with Crippen molar-refractivity contribution in [2.75, 3.05) is 32.7 Å². The first-order valence-corrected chi connectivity index (χ1v) is 6.95. The first-order valence-electron chi connectivity index (χ1n) is 6.95. The van der Waals surface area contributed by atoms with Crippen LogP contribution in [-0.4, -0.2) is 63.5 Å². The third-order valence-corrected chi connectivity index (χ3v) is 4.17. The van der Waals surface area contributed by atoms with Crippen LogP contribution in [0.3, 0.4) is 0 Å². The molecule has 18 heavy (non-hydrogen) atoms. The Morgan fingerprint density at radius 3 is 2.78 bits per heavy atom. The molecule has 0 spiro atoms. The van der Waals surface area contributed by atoms with Gasteiger partial charge in [0.25, 0.3) is 0 Å². The highest BCUT2D eigenvalue weighted by atomic mass is 16.3. The van der Waals surface area contributed by atoms with Crippen molar-refractivity contribution >= 4 is 0 Å². The van der Waals surface area contributed by atoms with E-state index in [9.17, 15) is 5.11 Å². The van der Waals surface area contributed by atoms with Crippen molar-refractivity contribution in [3.05, 3.63) is 18.0 Å². The summed E-state index contributed by atoms with van der Waals surface area (Å²) in [5, 5.41) is 14.9. The molecular formula is C13H22N4O. The molecule has 3 aliphatic heterocycles. The van der Waals surface area contributed by atoms with Gasteiger partial charge in [-0.2, -0.15) is 5.10 Å². The molecule has 1 aromatic rings. The molecule has 2 atom stereocenters. The highest BCUT2D eigenvalue weighted by molar-refractivity contribution is 5.09. The average Bonchev–Trinajstić information content (AvgIpc) is 2.88. The standard InChI is InChI=1S/C13H22N4O/c1-2-5-17-11(3-4-14-17)13(18)12-10-15-6-8-16(12)9-7-15/h3-4,12-13,18H,2,5-10H2,1H3. The maximum Gasteiger partial charge on any atom is 0.112 e. The van der Waals surface area contributed by atoms with Crippen LogP contribution < -0.4 is 0 Å². The Kier molecular flexibility index (Phi) is 3.37. The summed E-state index contributed by atoms with van der Waals surface area (Å²) in [6, 6.07) is 2.19. The van der Waals surface area contributed by atoms with Gasteiger partial charge in [0.05, 0.1) is 11.7 Å². The van der Waals surface area contributed by atoms with E-state index in [1.165, 1.54) is 0 Å². The van der Waals surface area contributed by atoms with E-state index in [1.54, 1.807) is 6.20 Å². The lowest BCUT2D eigenvalue weighted by atomic mass is 10.00. The van der Waals surface area contributed by atoms with E-state index in [-0.39, 0.29) is 6.04 Å². The molecule has 1 aromatic heterocycles. The minimum absolute atomic E-state index is 0.236. The number of nitrogens with zero attached hydrogens (tertiary/aromatic N) is 4. The number of aliphatic hydroxyl groups excluding tert-OH is 1. The molecule has 2 bridgehead atoms. The molecule has 3 saturated heterocycles. The van der Waals surface area contributed by atoms with E-state index in [0.29, 0.717) is 0 Å². The van der Waals surface area contributed by atoms with Crippen molar-refractivity contribution in [2.24, 2.45) is 0 Å². The third-order valence-electron chi connectivity index (χ3n) is 4.17. The number of aromatic nitrogens is 2. The lowest BCUT2D eigenvalue weighted by molar-refractivity contribution is -0.0496. The fourth-order valence-electron chi connectivity index (χ4n) is 3.15. The number of aryl methyl sites for hydroxylation is 1. The van der Waals surface area contributed by atoms with Crippen LogP contribution in [0.1, 0.15) is 25.1 Å². The Balaban J connectivity index is 1.77. The van der Waals surface area contributed by atoms with Gasteiger partial charge in [0.2, 0.25) is 0 Å². The molecule has 100 valence electrons. The highest BCUT2D eigenvalue weighted by Gasteiger charge is 2.37. The fraction of sp³-hybridized carbons (Fsp3) is 0.769. The van der Waals surface area contributed by atoms with E-state index in [0.717, 1.165) is 51.4 Å². The van der Waals surface area contributed by atoms with E-state index in [4.69, 9.17) is 0 Å². The van der Waals surface area contributed by atoms with Crippen LogP contribution in [0.4, 0.5) is 0 Å². The minimum Gasteiger partial charge on any atom is -0.385 e. The Morgan fingerprint density at radius 1 is 1.39 bits per heavy atom. The predicted molar refractivity (Wildman–Crippen MR) is 69.3 cm³/mol. The number of piperazine rings is 3. The van der Waals surface area contributed by atoms with E-state index < -0.39 is 6.10 Å². The van der Waals surface area contributed by atoms with Crippen molar-refractivity contribution in [3.63, 3.8) is 0 Å². The largest absolute Gasteiger partial charge is 0.385 e. The number of hydrogen-bond donors (Lipinski definition) is 1. The molecule has 5 heteroatoms. The molecule has 0 amide bonds. The maximum atomic E-state index is 10.6. The van der Waals surface area contributed by atoms with E-state index >= 15 is 0 Å². The minimum atomic E-state index is -0.415. The molecule has 3 fully saturated rings. The van der Waals surface area contributed by atoms with Crippen molar-refractivity contribution in [1.82, 2.24) is 19.6 Å². The lowest BCUT2D eigenvalue weighted by Crippen LogP contribution is -2.62. The smallest absolute Gasteiger partial charge is 0.112 e. The number of fused-ring (bicyclic) bond motifs is 3. The van der Waals surface area contributed by atoms with Crippen LogP contribution in [0.2, 0.25) is 0 Å². The van der Waals surface area contributed by atoms with Crippen molar-refractivity contribution in [2.45, 2.75) is 32.0 Å². The van der Waals surface area contributed by atoms with Gasteiger partial charge in [-0.05, 0) is 12.5 Å². The average molecular weight is 250 g/mol. The van der Waals surface area contributed by atoms with Crippen molar-refractivity contribution < 1.29 is 5.11 Å². The van der Waals surface area contributed by atoms with Gasteiger partial charge in [-0.25, -0.2) is 0 Å². The monoisotopic (exact) mass is 250 g/mol. The van der Waals surface area contributed by atoms with Crippen LogP contribution in [0.25, 0.3) is 0 Å². The van der Waals surface area contributed by atoms with Crippen molar-refractivity contribution in [3.8, 4) is 0 Å². The summed E-state index contributed by atoms with van der Waals surface area (Å²) in [5.74, 6) is 0. The first kappa shape index (κ1) is 12.1. The molecule has 3 aliphatic rings. The lowest BCUT2D eigenvalue weighted by Gasteiger charge is -2.49. The summed E-state index contributed by atoms with van der Waals surface area (Å²) in [5.41, 5.74) is 0.968. The van der Waals surface area contributed by atoms with Crippen LogP contribution in [0.5, 0.6) is 0 Å². The van der Waals surface area contributed by atoms with E-state index in [1.807, 2.05) is 10.7 Å². The van der Waals surface area contributed by atoms with Crippen LogP contribution in [0.15, 0.2) is 12.3 Å². The Bertz CT molecular complexity index is 397. The predicted octanol–water partition coefficient (Wildman–Crippen LogP) is 0.326. The molecule has 2 unspecified atom stereocenters. The van der Waals surface area contributed by atoms with Gasteiger partial charge in [0.1, 0.15) is 6.10 Å². The normalized spacial score (nSPS) is 32.7. The summed E-state index contributed by atoms with van der Waals surface area (Å²) in [6.07, 6.45) is 2.43. The summed E-state index contributed by atoms with van der Waals surface area (Å²) in [4.78, 5) is 4.88. The number of rotatable bonds is 4. The van der Waals surface area contributed by atoms with Crippen LogP contribution in [-0.2, 0) is 6.54 Å². The van der Waals surface area contributed by atoms with Gasteiger partial charge in [-0.3, -0.25) is 14.5 Å². The van der Waals surface area contributed by atoms with Gasteiger partial charge < -0.3 is 5.11 Å². The molecule has 0 aliphatic carbocycles. The van der Waals surface area contributed by atoms with Crippen molar-refractivity contribution in [1.29, 1.82) is 0 Å². The zero-order valence-corrected chi connectivity index (χ0v) is 11.0. The van der Waals surface area contributed by atoms with Gasteiger partial charge in [-0.1, -0.05) is 6.92 Å². The fourth-order valence-corrected chi connectivity index (χ4v) is 3.15. The quantitative estimate of drug-likeness (QED) is 0.836. The first-order chi connectivity index (χ1) is 8.79. The molecule has 5 nitrogen and oxygen atoms in total. The summed E-state index contributed by atoms with van der Waals surface area (Å²) in [6.45, 7) is 8.48. The van der Waals surface area contributed by atoms with Crippen LogP contribution >= 0.6 is 0 Å². The summed E-state index contributed by atoms with van der Waals surface area (Å²) >= 11 is 0. The molecule has 0 saturated carbocycles. The van der Waals surface area contributed by atoms with Gasteiger partial charge in [0, 0.05) is 45.5 Å². The third kappa shape index (κ3) is 2.06. The Labute approximate surface area is 108 Å². The number of aliphatic hydroxyl groups is 1. The van der Waals surface area contributed by atoms with Gasteiger partial charge in [-0.15, -0.1) is 0 Å². The second-order valence-corrected chi connectivity index (χ2v) is 5.33. The SMILES string of the molecule is CCCn1nccc1C(O)C1CN2CCN1CC2. The second-order valence-electron chi connectivity index (χ2n) is 5.33. The zero-order valence-electron chi connectivity index (χ0n) is 11.0. The Hall–Kier alpha value is -0.910. The highest BCUT2D eigenvalue weighted by Crippen LogP contribution is 2.27. The topological polar surface area (TPSA) is 44.5 Å². The molecule has 0 aromatic carbocycles. The maximum absolute atomic E-state index is 10.6. The number of hydrogen-bond acceptors (Lipinski definition) is 4. The molecule has 0 radical (unpaired) electrons. The Morgan fingerprint density at radius 2 is 2.17 bits per heavy atom. The zero-order chi connectivity index (χ0) is 12.5. The molecule has 4 rings (SSSR count). The van der Waals surface area contributed by atoms with Crippen LogP contribution in [0, 0.1) is 0 Å².